The summed E-state index contributed by atoms with van der Waals surface area (Å²) in [7, 11) is -2.55. The average molecular weight is 353 g/mol. The third kappa shape index (κ3) is 3.57. The Bertz CT molecular complexity index is 833. The Labute approximate surface area is 139 Å². The van der Waals surface area contributed by atoms with Crippen molar-refractivity contribution in [1.29, 1.82) is 0 Å². The predicted octanol–water partition coefficient (Wildman–Crippen LogP) is 3.40. The van der Waals surface area contributed by atoms with Crippen molar-refractivity contribution in [1.82, 2.24) is 4.72 Å². The van der Waals surface area contributed by atoms with Gasteiger partial charge < -0.3 is 4.74 Å². The van der Waals surface area contributed by atoms with Crippen molar-refractivity contribution < 1.29 is 21.9 Å². The number of sulfonamides is 1. The summed E-state index contributed by atoms with van der Waals surface area (Å²) in [6, 6.07) is 9.03. The molecule has 2 aromatic carbocycles. The maximum absolute atomic E-state index is 13.8. The number of benzene rings is 2. The van der Waals surface area contributed by atoms with Gasteiger partial charge in [-0.2, -0.15) is 0 Å². The zero-order chi connectivity index (χ0) is 17.3. The van der Waals surface area contributed by atoms with E-state index in [1.807, 2.05) is 0 Å². The Balaban J connectivity index is 1.89. The van der Waals surface area contributed by atoms with Gasteiger partial charge in [0.1, 0.15) is 22.3 Å². The molecule has 1 aliphatic rings. The van der Waals surface area contributed by atoms with Crippen molar-refractivity contribution in [2.75, 3.05) is 7.11 Å². The topological polar surface area (TPSA) is 55.4 Å². The van der Waals surface area contributed by atoms with Crippen molar-refractivity contribution in [2.45, 2.75) is 23.8 Å². The van der Waals surface area contributed by atoms with Gasteiger partial charge in [0.05, 0.1) is 7.11 Å². The highest BCUT2D eigenvalue weighted by Crippen LogP contribution is 2.42. The largest absolute Gasteiger partial charge is 0.497 e. The molecule has 24 heavy (non-hydrogen) atoms. The lowest BCUT2D eigenvalue weighted by Crippen LogP contribution is -2.30. The molecule has 0 aliphatic heterocycles. The predicted molar refractivity (Wildman–Crippen MR) is 85.1 cm³/mol. The minimum absolute atomic E-state index is 0.164. The average Bonchev–Trinajstić information content (AvgIpc) is 3.37. The molecule has 0 radical (unpaired) electrons. The van der Waals surface area contributed by atoms with Crippen LogP contribution in [0.5, 0.6) is 5.75 Å². The number of hydrogen-bond acceptors (Lipinski definition) is 3. The molecule has 1 atom stereocenters. The van der Waals surface area contributed by atoms with Gasteiger partial charge in [0.2, 0.25) is 10.0 Å². The number of ether oxygens (including phenoxy) is 1. The second-order valence-corrected chi connectivity index (χ2v) is 7.47. The maximum Gasteiger partial charge on any atom is 0.244 e. The lowest BCUT2D eigenvalue weighted by Gasteiger charge is -2.19. The van der Waals surface area contributed by atoms with Crippen molar-refractivity contribution in [2.24, 2.45) is 5.92 Å². The first-order chi connectivity index (χ1) is 11.4. The lowest BCUT2D eigenvalue weighted by atomic mass is 10.0. The summed E-state index contributed by atoms with van der Waals surface area (Å²) < 4.78 is 59.5. The van der Waals surface area contributed by atoms with Crippen LogP contribution in [0, 0.1) is 17.6 Å². The molecule has 2 aromatic rings. The fraction of sp³-hybridized carbons (Fsp3) is 0.294. The van der Waals surface area contributed by atoms with E-state index in [1.54, 1.807) is 31.4 Å². The summed E-state index contributed by atoms with van der Waals surface area (Å²) in [5.41, 5.74) is 0.782. The second-order valence-electron chi connectivity index (χ2n) is 5.78. The van der Waals surface area contributed by atoms with Gasteiger partial charge in [-0.3, -0.25) is 0 Å². The molecule has 3 rings (SSSR count). The molecule has 128 valence electrons. The van der Waals surface area contributed by atoms with Crippen LogP contribution in [0.15, 0.2) is 47.4 Å². The first-order valence-electron chi connectivity index (χ1n) is 7.52. The third-order valence-corrected chi connectivity index (χ3v) is 5.51. The molecule has 0 saturated heterocycles. The molecule has 0 bridgehead atoms. The van der Waals surface area contributed by atoms with Crippen LogP contribution in [0.25, 0.3) is 0 Å². The van der Waals surface area contributed by atoms with Gasteiger partial charge in [-0.05, 0) is 48.6 Å². The van der Waals surface area contributed by atoms with E-state index >= 15 is 0 Å². The van der Waals surface area contributed by atoms with E-state index in [4.69, 9.17) is 4.74 Å². The molecule has 1 aliphatic carbocycles. The van der Waals surface area contributed by atoms with E-state index in [0.29, 0.717) is 11.8 Å². The Morgan fingerprint density at radius 1 is 1.12 bits per heavy atom. The van der Waals surface area contributed by atoms with Crippen LogP contribution < -0.4 is 9.46 Å². The van der Waals surface area contributed by atoms with Crippen LogP contribution in [0.1, 0.15) is 24.4 Å². The first kappa shape index (κ1) is 16.9. The lowest BCUT2D eigenvalue weighted by molar-refractivity contribution is 0.414. The van der Waals surface area contributed by atoms with Gasteiger partial charge in [0.25, 0.3) is 0 Å². The summed E-state index contributed by atoms with van der Waals surface area (Å²) >= 11 is 0. The summed E-state index contributed by atoms with van der Waals surface area (Å²) in [4.78, 5) is -0.553. The van der Waals surface area contributed by atoms with E-state index in [9.17, 15) is 17.2 Å². The Morgan fingerprint density at radius 2 is 1.79 bits per heavy atom. The molecule has 4 nitrogen and oxygen atoms in total. The fourth-order valence-corrected chi connectivity index (χ4v) is 3.95. The van der Waals surface area contributed by atoms with Crippen LogP contribution in [-0.2, 0) is 10.0 Å². The standard InChI is InChI=1S/C17H17F2NO3S/c1-23-14-7-4-12(5-8-14)17(11-2-3-11)20-24(21,22)16-9-6-13(18)10-15(16)19/h4-11,17,20H,2-3H2,1H3. The Hall–Kier alpha value is -1.99. The van der Waals surface area contributed by atoms with E-state index in [0.717, 1.165) is 30.5 Å². The van der Waals surface area contributed by atoms with Gasteiger partial charge >= 0.3 is 0 Å². The molecule has 7 heteroatoms. The molecule has 1 N–H and O–H groups in total. The molecule has 1 saturated carbocycles. The van der Waals surface area contributed by atoms with E-state index < -0.39 is 32.6 Å². The monoisotopic (exact) mass is 353 g/mol. The van der Waals surface area contributed by atoms with Gasteiger partial charge in [-0.25, -0.2) is 21.9 Å². The van der Waals surface area contributed by atoms with Crippen molar-refractivity contribution in [3.8, 4) is 5.75 Å². The smallest absolute Gasteiger partial charge is 0.244 e. The highest BCUT2D eigenvalue weighted by molar-refractivity contribution is 7.89. The number of nitrogens with one attached hydrogen (secondary N) is 1. The minimum atomic E-state index is -4.10. The van der Waals surface area contributed by atoms with Crippen LogP contribution in [0.4, 0.5) is 8.78 Å². The first-order valence-corrected chi connectivity index (χ1v) is 9.00. The normalized spacial score (nSPS) is 16.0. The molecular formula is C17H17F2NO3S. The van der Waals surface area contributed by atoms with Gasteiger partial charge in [-0.15, -0.1) is 0 Å². The van der Waals surface area contributed by atoms with E-state index in [1.165, 1.54) is 0 Å². The highest BCUT2D eigenvalue weighted by atomic mass is 32.2. The SMILES string of the molecule is COc1ccc(C(NS(=O)(=O)c2ccc(F)cc2F)C2CC2)cc1. The summed E-state index contributed by atoms with van der Waals surface area (Å²) in [5, 5.41) is 0. The van der Waals surface area contributed by atoms with Crippen LogP contribution in [-0.4, -0.2) is 15.5 Å². The van der Waals surface area contributed by atoms with Crippen LogP contribution in [0.3, 0.4) is 0 Å². The maximum atomic E-state index is 13.8. The Morgan fingerprint density at radius 3 is 2.33 bits per heavy atom. The summed E-state index contributed by atoms with van der Waals surface area (Å²) in [6.07, 6.45) is 1.79. The summed E-state index contributed by atoms with van der Waals surface area (Å²) in [6.45, 7) is 0. The molecule has 1 fully saturated rings. The van der Waals surface area contributed by atoms with Crippen LogP contribution in [0.2, 0.25) is 0 Å². The molecule has 0 heterocycles. The second kappa shape index (κ2) is 6.49. The molecule has 0 amide bonds. The van der Waals surface area contributed by atoms with Gasteiger partial charge in [-0.1, -0.05) is 12.1 Å². The fourth-order valence-electron chi connectivity index (χ4n) is 2.60. The zero-order valence-corrected chi connectivity index (χ0v) is 13.8. The highest BCUT2D eigenvalue weighted by Gasteiger charge is 2.36. The number of methoxy groups -OCH3 is 1. The van der Waals surface area contributed by atoms with E-state index in [2.05, 4.69) is 4.72 Å². The quantitative estimate of drug-likeness (QED) is 0.866. The number of rotatable bonds is 6. The van der Waals surface area contributed by atoms with Crippen LogP contribution >= 0.6 is 0 Å². The Kier molecular flexibility index (Phi) is 4.56. The molecule has 0 aromatic heterocycles. The van der Waals surface area contributed by atoms with Crippen molar-refractivity contribution >= 4 is 10.0 Å². The van der Waals surface area contributed by atoms with Crippen molar-refractivity contribution in [3.63, 3.8) is 0 Å². The number of halogens is 2. The minimum Gasteiger partial charge on any atom is -0.497 e. The van der Waals surface area contributed by atoms with Gasteiger partial charge in [0.15, 0.2) is 0 Å². The third-order valence-electron chi connectivity index (χ3n) is 4.03. The van der Waals surface area contributed by atoms with Crippen molar-refractivity contribution in [3.05, 3.63) is 59.7 Å². The summed E-state index contributed by atoms with van der Waals surface area (Å²) in [5.74, 6) is -1.09. The molecule has 1 unspecified atom stereocenters. The molecular weight excluding hydrogens is 336 g/mol. The zero-order valence-electron chi connectivity index (χ0n) is 13.0. The number of hydrogen-bond donors (Lipinski definition) is 1. The van der Waals surface area contributed by atoms with Gasteiger partial charge in [0, 0.05) is 12.1 Å². The van der Waals surface area contributed by atoms with E-state index in [-0.39, 0.29) is 5.92 Å². The molecule has 0 spiro atoms.